The zero-order valence-electron chi connectivity index (χ0n) is 9.79. The third-order valence-electron chi connectivity index (χ3n) is 3.76. The summed E-state index contributed by atoms with van der Waals surface area (Å²) in [6, 6.07) is 6.70. The molecule has 0 atom stereocenters. The van der Waals surface area contributed by atoms with Crippen molar-refractivity contribution in [2.75, 3.05) is 6.54 Å². The van der Waals surface area contributed by atoms with Gasteiger partial charge in [-0.15, -0.1) is 0 Å². The lowest BCUT2D eigenvalue weighted by molar-refractivity contribution is 0.609. The van der Waals surface area contributed by atoms with Crippen LogP contribution in [0.2, 0.25) is 0 Å². The molecule has 2 heteroatoms. The summed E-state index contributed by atoms with van der Waals surface area (Å²) >= 11 is 0. The molecule has 0 fully saturated rings. The van der Waals surface area contributed by atoms with Gasteiger partial charge in [0.15, 0.2) is 0 Å². The fourth-order valence-electron chi connectivity index (χ4n) is 3.04. The maximum Gasteiger partial charge on any atom is 0.0517 e. The maximum absolute atomic E-state index is 5.72. The first-order chi connectivity index (χ1) is 7.83. The van der Waals surface area contributed by atoms with Crippen molar-refractivity contribution in [2.24, 2.45) is 5.73 Å². The van der Waals surface area contributed by atoms with Crippen LogP contribution in [0.1, 0.15) is 23.2 Å². The molecule has 0 radical (unpaired) electrons. The summed E-state index contributed by atoms with van der Waals surface area (Å²) in [7, 11) is 0. The topological polar surface area (TPSA) is 30.9 Å². The van der Waals surface area contributed by atoms with Gasteiger partial charge in [-0.1, -0.05) is 18.2 Å². The van der Waals surface area contributed by atoms with Crippen LogP contribution in [-0.4, -0.2) is 11.1 Å². The van der Waals surface area contributed by atoms with Gasteiger partial charge < -0.3 is 10.3 Å². The number of para-hydroxylation sites is 1. The van der Waals surface area contributed by atoms with Crippen LogP contribution in [0.3, 0.4) is 0 Å². The molecule has 0 spiro atoms. The zero-order chi connectivity index (χ0) is 11.1. The Kier molecular flexibility index (Phi) is 2.25. The summed E-state index contributed by atoms with van der Waals surface area (Å²) in [5, 5.41) is 1.43. The molecule has 16 heavy (non-hydrogen) atoms. The lowest BCUT2D eigenvalue weighted by Crippen LogP contribution is -2.13. The van der Waals surface area contributed by atoms with Gasteiger partial charge in [-0.25, -0.2) is 0 Å². The first kappa shape index (κ1) is 9.91. The van der Waals surface area contributed by atoms with E-state index < -0.39 is 0 Å². The van der Waals surface area contributed by atoms with Gasteiger partial charge >= 0.3 is 0 Å². The van der Waals surface area contributed by atoms with Gasteiger partial charge in [-0.3, -0.25) is 0 Å². The zero-order valence-corrected chi connectivity index (χ0v) is 9.79. The Morgan fingerprint density at radius 2 is 2.25 bits per heavy atom. The smallest absolute Gasteiger partial charge is 0.0517 e. The van der Waals surface area contributed by atoms with E-state index in [0.717, 1.165) is 19.5 Å². The third kappa shape index (κ3) is 1.23. The van der Waals surface area contributed by atoms with Crippen molar-refractivity contribution in [3.63, 3.8) is 0 Å². The minimum atomic E-state index is 0.743. The number of nitrogens with zero attached hydrogens (tertiary/aromatic N) is 1. The van der Waals surface area contributed by atoms with E-state index >= 15 is 0 Å². The van der Waals surface area contributed by atoms with E-state index in [1.165, 1.54) is 40.6 Å². The van der Waals surface area contributed by atoms with Crippen molar-refractivity contribution in [3.8, 4) is 0 Å². The number of aromatic nitrogens is 1. The van der Waals surface area contributed by atoms with Crippen LogP contribution in [0, 0.1) is 6.92 Å². The molecular formula is C14H18N2. The highest BCUT2D eigenvalue weighted by atomic mass is 15.0. The molecule has 0 amide bonds. The van der Waals surface area contributed by atoms with Crippen molar-refractivity contribution in [1.29, 1.82) is 0 Å². The van der Waals surface area contributed by atoms with E-state index in [-0.39, 0.29) is 0 Å². The summed E-state index contributed by atoms with van der Waals surface area (Å²) in [5.41, 5.74) is 11.6. The lowest BCUT2D eigenvalue weighted by atomic mass is 10.0. The van der Waals surface area contributed by atoms with Crippen molar-refractivity contribution >= 4 is 10.9 Å². The van der Waals surface area contributed by atoms with E-state index in [4.69, 9.17) is 5.73 Å². The minimum Gasteiger partial charge on any atom is -0.344 e. The second-order valence-electron chi connectivity index (χ2n) is 4.68. The summed E-state index contributed by atoms with van der Waals surface area (Å²) in [6.45, 7) is 4.14. The van der Waals surface area contributed by atoms with Gasteiger partial charge in [-0.05, 0) is 37.4 Å². The molecule has 2 heterocycles. The van der Waals surface area contributed by atoms with Crippen molar-refractivity contribution < 1.29 is 0 Å². The molecule has 0 bridgehead atoms. The molecule has 1 aliphatic rings. The van der Waals surface area contributed by atoms with Crippen LogP contribution in [-0.2, 0) is 19.4 Å². The van der Waals surface area contributed by atoms with E-state index in [1.54, 1.807) is 0 Å². The van der Waals surface area contributed by atoms with Crippen LogP contribution in [0.4, 0.5) is 0 Å². The standard InChI is InChI=1S/C14H18N2/c1-10-12-6-2-4-11-5-3-9-16(14(11)12)13(10)7-8-15/h2,4,6H,3,5,7-9,15H2,1H3. The average Bonchev–Trinajstić information content (AvgIpc) is 2.58. The van der Waals surface area contributed by atoms with Crippen LogP contribution in [0.25, 0.3) is 10.9 Å². The predicted octanol–water partition coefficient (Wildman–Crippen LogP) is 2.40. The quantitative estimate of drug-likeness (QED) is 0.817. The van der Waals surface area contributed by atoms with E-state index in [0.29, 0.717) is 0 Å². The van der Waals surface area contributed by atoms with E-state index in [2.05, 4.69) is 29.7 Å². The average molecular weight is 214 g/mol. The Morgan fingerprint density at radius 1 is 1.38 bits per heavy atom. The van der Waals surface area contributed by atoms with E-state index in [9.17, 15) is 0 Å². The molecule has 1 aromatic carbocycles. The lowest BCUT2D eigenvalue weighted by Gasteiger charge is -2.17. The first-order valence-electron chi connectivity index (χ1n) is 6.12. The van der Waals surface area contributed by atoms with Crippen molar-refractivity contribution in [2.45, 2.75) is 32.7 Å². The number of rotatable bonds is 2. The second kappa shape index (κ2) is 3.63. The van der Waals surface area contributed by atoms with Crippen LogP contribution >= 0.6 is 0 Å². The summed E-state index contributed by atoms with van der Waals surface area (Å²) in [4.78, 5) is 0. The monoisotopic (exact) mass is 214 g/mol. The van der Waals surface area contributed by atoms with Gasteiger partial charge in [0.05, 0.1) is 5.52 Å². The fraction of sp³-hybridized carbons (Fsp3) is 0.429. The van der Waals surface area contributed by atoms with Crippen LogP contribution in [0.15, 0.2) is 18.2 Å². The Hall–Kier alpha value is -1.28. The van der Waals surface area contributed by atoms with Crippen molar-refractivity contribution in [1.82, 2.24) is 4.57 Å². The van der Waals surface area contributed by atoms with Gasteiger partial charge in [0.2, 0.25) is 0 Å². The first-order valence-corrected chi connectivity index (χ1v) is 6.12. The highest BCUT2D eigenvalue weighted by Gasteiger charge is 2.18. The maximum atomic E-state index is 5.72. The molecule has 0 saturated heterocycles. The van der Waals surface area contributed by atoms with Gasteiger partial charge in [-0.2, -0.15) is 0 Å². The Balaban J connectivity index is 2.36. The number of aryl methyl sites for hydroxylation is 3. The molecule has 0 aliphatic carbocycles. The Bertz CT molecular complexity index is 537. The normalized spacial score (nSPS) is 14.6. The molecule has 84 valence electrons. The molecule has 2 N–H and O–H groups in total. The summed E-state index contributed by atoms with van der Waals surface area (Å²) < 4.78 is 2.50. The molecular weight excluding hydrogens is 196 g/mol. The third-order valence-corrected chi connectivity index (χ3v) is 3.76. The number of hydrogen-bond donors (Lipinski definition) is 1. The Morgan fingerprint density at radius 3 is 3.06 bits per heavy atom. The molecule has 1 aromatic heterocycles. The van der Waals surface area contributed by atoms with Gasteiger partial charge in [0.1, 0.15) is 0 Å². The van der Waals surface area contributed by atoms with Crippen molar-refractivity contribution in [3.05, 3.63) is 35.0 Å². The SMILES string of the molecule is Cc1c(CCN)n2c3c(cccc13)CCC2. The highest BCUT2D eigenvalue weighted by molar-refractivity contribution is 5.88. The Labute approximate surface area is 96.1 Å². The second-order valence-corrected chi connectivity index (χ2v) is 4.68. The number of benzene rings is 1. The van der Waals surface area contributed by atoms with Crippen LogP contribution < -0.4 is 5.73 Å². The molecule has 1 aliphatic heterocycles. The van der Waals surface area contributed by atoms with Crippen LogP contribution in [0.5, 0.6) is 0 Å². The summed E-state index contributed by atoms with van der Waals surface area (Å²) in [6.07, 6.45) is 3.49. The molecule has 3 rings (SSSR count). The van der Waals surface area contributed by atoms with Gasteiger partial charge in [0, 0.05) is 24.0 Å². The fourth-order valence-corrected chi connectivity index (χ4v) is 3.04. The molecule has 2 aromatic rings. The summed E-state index contributed by atoms with van der Waals surface area (Å²) in [5.74, 6) is 0. The number of hydrogen-bond acceptors (Lipinski definition) is 1. The molecule has 0 unspecified atom stereocenters. The largest absolute Gasteiger partial charge is 0.344 e. The predicted molar refractivity (Wildman–Crippen MR) is 67.8 cm³/mol. The van der Waals surface area contributed by atoms with E-state index in [1.807, 2.05) is 0 Å². The molecule has 2 nitrogen and oxygen atoms in total. The van der Waals surface area contributed by atoms with Gasteiger partial charge in [0.25, 0.3) is 0 Å². The minimum absolute atomic E-state index is 0.743. The number of nitrogens with two attached hydrogens (primary N) is 1. The highest BCUT2D eigenvalue weighted by Crippen LogP contribution is 2.32. The molecule has 0 saturated carbocycles.